The minimum Gasteiger partial charge on any atom is -0.449 e. The van der Waals surface area contributed by atoms with E-state index in [1.165, 1.54) is 11.0 Å². The Morgan fingerprint density at radius 1 is 1.05 bits per heavy atom. The molecule has 1 aliphatic rings. The van der Waals surface area contributed by atoms with Crippen LogP contribution in [0.25, 0.3) is 0 Å². The Labute approximate surface area is 215 Å². The van der Waals surface area contributed by atoms with E-state index in [0.29, 0.717) is 18.6 Å². The Kier molecular flexibility index (Phi) is 8.03. The van der Waals surface area contributed by atoms with Gasteiger partial charge in [-0.3, -0.25) is 9.59 Å². The van der Waals surface area contributed by atoms with Gasteiger partial charge >= 0.3 is 0 Å². The highest BCUT2D eigenvalue weighted by Crippen LogP contribution is 2.31. The Balaban J connectivity index is 1.62. The SMILES string of the molecule is N#Cc1ccc(CNC(=O)[C@@H]2CCCN2C(=O)[C@H](NS(N)(=O)=O)C(c2ccccc2)c2ccccc2)o1. The van der Waals surface area contributed by atoms with Gasteiger partial charge in [-0.15, -0.1) is 0 Å². The predicted molar refractivity (Wildman–Crippen MR) is 135 cm³/mol. The van der Waals surface area contributed by atoms with Crippen molar-refractivity contribution in [2.75, 3.05) is 6.54 Å². The van der Waals surface area contributed by atoms with Crippen molar-refractivity contribution in [1.82, 2.24) is 14.9 Å². The molecule has 1 saturated heterocycles. The van der Waals surface area contributed by atoms with Crippen LogP contribution in [0.3, 0.4) is 0 Å². The van der Waals surface area contributed by atoms with Gasteiger partial charge in [-0.2, -0.15) is 18.4 Å². The number of hydrogen-bond acceptors (Lipinski definition) is 6. The first-order valence-corrected chi connectivity index (χ1v) is 13.3. The number of rotatable bonds is 9. The number of amides is 2. The molecule has 0 bridgehead atoms. The van der Waals surface area contributed by atoms with Crippen molar-refractivity contribution in [2.45, 2.75) is 37.4 Å². The van der Waals surface area contributed by atoms with Crippen molar-refractivity contribution >= 4 is 22.0 Å². The summed E-state index contributed by atoms with van der Waals surface area (Å²) in [6, 6.07) is 21.0. The Hall–Kier alpha value is -3.98. The highest BCUT2D eigenvalue weighted by atomic mass is 32.2. The van der Waals surface area contributed by atoms with E-state index in [1.54, 1.807) is 6.07 Å². The lowest BCUT2D eigenvalue weighted by Crippen LogP contribution is -2.56. The zero-order chi connectivity index (χ0) is 26.4. The molecule has 1 aliphatic heterocycles. The molecule has 4 N–H and O–H groups in total. The predicted octanol–water partition coefficient (Wildman–Crippen LogP) is 1.75. The molecule has 0 radical (unpaired) electrons. The number of hydrogen-bond donors (Lipinski definition) is 3. The maximum Gasteiger partial charge on any atom is 0.275 e. The van der Waals surface area contributed by atoms with Crippen LogP contribution in [0, 0.1) is 11.3 Å². The molecule has 2 aromatic carbocycles. The van der Waals surface area contributed by atoms with E-state index in [9.17, 15) is 18.0 Å². The Bertz CT molecular complexity index is 1350. The second kappa shape index (κ2) is 11.4. The average molecular weight is 522 g/mol. The third kappa shape index (κ3) is 6.42. The van der Waals surface area contributed by atoms with Gasteiger partial charge in [0.25, 0.3) is 10.2 Å². The van der Waals surface area contributed by atoms with Gasteiger partial charge in [0.2, 0.25) is 17.6 Å². The van der Waals surface area contributed by atoms with Gasteiger partial charge in [-0.05, 0) is 36.1 Å². The van der Waals surface area contributed by atoms with Crippen molar-refractivity contribution in [1.29, 1.82) is 5.26 Å². The number of benzene rings is 2. The number of furan rings is 1. The average Bonchev–Trinajstić information content (AvgIpc) is 3.57. The van der Waals surface area contributed by atoms with E-state index in [1.807, 2.05) is 66.7 Å². The van der Waals surface area contributed by atoms with Crippen LogP contribution in [0.15, 0.2) is 77.2 Å². The van der Waals surface area contributed by atoms with Gasteiger partial charge in [0.1, 0.15) is 23.9 Å². The van der Waals surface area contributed by atoms with Crippen LogP contribution in [0.1, 0.15) is 41.4 Å². The molecule has 1 fully saturated rings. The lowest BCUT2D eigenvalue weighted by molar-refractivity contribution is -0.140. The second-order valence-corrected chi connectivity index (χ2v) is 10.1. The maximum atomic E-state index is 14.0. The summed E-state index contributed by atoms with van der Waals surface area (Å²) in [6.45, 7) is 0.337. The molecule has 2 heterocycles. The van der Waals surface area contributed by atoms with E-state index < -0.39 is 40.0 Å². The first kappa shape index (κ1) is 26.1. The highest BCUT2D eigenvalue weighted by molar-refractivity contribution is 7.87. The Morgan fingerprint density at radius 2 is 1.68 bits per heavy atom. The van der Waals surface area contributed by atoms with Crippen LogP contribution in [0.2, 0.25) is 0 Å². The normalized spacial score (nSPS) is 16.4. The molecule has 0 aliphatic carbocycles. The molecule has 0 saturated carbocycles. The third-order valence-corrected chi connectivity index (χ3v) is 6.84. The fourth-order valence-electron chi connectivity index (χ4n) is 4.64. The van der Waals surface area contributed by atoms with E-state index >= 15 is 0 Å². The fraction of sp³-hybridized carbons (Fsp3) is 0.269. The summed E-state index contributed by atoms with van der Waals surface area (Å²) in [5.41, 5.74) is 1.43. The topological polar surface area (TPSA) is 159 Å². The zero-order valence-corrected chi connectivity index (χ0v) is 20.7. The minimum absolute atomic E-state index is 0.0502. The number of nitrogens with one attached hydrogen (secondary N) is 2. The second-order valence-electron chi connectivity index (χ2n) is 8.72. The number of nitrogens with zero attached hydrogens (tertiary/aromatic N) is 2. The molecular formula is C26H27N5O5S. The van der Waals surface area contributed by atoms with Crippen molar-refractivity contribution in [3.8, 4) is 6.07 Å². The van der Waals surface area contributed by atoms with Gasteiger partial charge in [0, 0.05) is 12.5 Å². The molecule has 37 heavy (non-hydrogen) atoms. The van der Waals surface area contributed by atoms with Crippen LogP contribution in [-0.4, -0.2) is 43.8 Å². The largest absolute Gasteiger partial charge is 0.449 e. The van der Waals surface area contributed by atoms with Crippen LogP contribution < -0.4 is 15.2 Å². The molecule has 0 spiro atoms. The van der Waals surface area contributed by atoms with E-state index in [0.717, 1.165) is 11.1 Å². The molecule has 2 atom stereocenters. The fourth-order valence-corrected chi connectivity index (χ4v) is 5.23. The summed E-state index contributed by atoms with van der Waals surface area (Å²) in [5.74, 6) is -1.10. The number of likely N-dealkylation sites (tertiary alicyclic amines) is 1. The van der Waals surface area contributed by atoms with E-state index in [2.05, 4.69) is 10.0 Å². The lowest BCUT2D eigenvalue weighted by atomic mass is 9.84. The Morgan fingerprint density at radius 3 is 2.22 bits per heavy atom. The third-order valence-electron chi connectivity index (χ3n) is 6.26. The molecule has 4 rings (SSSR count). The molecule has 0 unspecified atom stereocenters. The van der Waals surface area contributed by atoms with Crippen LogP contribution >= 0.6 is 0 Å². The molecule has 3 aromatic rings. The van der Waals surface area contributed by atoms with Crippen LogP contribution in [0.4, 0.5) is 0 Å². The molecule has 11 heteroatoms. The lowest BCUT2D eigenvalue weighted by Gasteiger charge is -2.33. The van der Waals surface area contributed by atoms with Crippen molar-refractivity contribution in [3.63, 3.8) is 0 Å². The monoisotopic (exact) mass is 521 g/mol. The molecule has 10 nitrogen and oxygen atoms in total. The quantitative estimate of drug-likeness (QED) is 0.389. The number of nitriles is 1. The summed E-state index contributed by atoms with van der Waals surface area (Å²) in [4.78, 5) is 28.4. The summed E-state index contributed by atoms with van der Waals surface area (Å²) in [5, 5.41) is 17.0. The van der Waals surface area contributed by atoms with Gasteiger partial charge in [-0.25, -0.2) is 5.14 Å². The minimum atomic E-state index is -4.28. The first-order chi connectivity index (χ1) is 17.8. The van der Waals surface area contributed by atoms with Gasteiger partial charge in [-0.1, -0.05) is 60.7 Å². The smallest absolute Gasteiger partial charge is 0.275 e. The molecule has 1 aromatic heterocycles. The van der Waals surface area contributed by atoms with E-state index in [4.69, 9.17) is 14.8 Å². The van der Waals surface area contributed by atoms with Gasteiger partial charge < -0.3 is 14.6 Å². The van der Waals surface area contributed by atoms with Crippen molar-refractivity contribution in [2.24, 2.45) is 5.14 Å². The molecular weight excluding hydrogens is 494 g/mol. The van der Waals surface area contributed by atoms with Crippen LogP contribution in [-0.2, 0) is 26.3 Å². The van der Waals surface area contributed by atoms with Gasteiger partial charge in [0.05, 0.1) is 6.54 Å². The highest BCUT2D eigenvalue weighted by Gasteiger charge is 2.42. The van der Waals surface area contributed by atoms with Crippen LogP contribution in [0.5, 0.6) is 0 Å². The standard InChI is InChI=1S/C26H27N5O5S/c27-16-20-13-14-21(36-20)17-29-25(32)22-12-7-15-31(22)26(33)24(30-37(28,34)35)23(18-8-3-1-4-9-18)19-10-5-2-6-11-19/h1-6,8-11,13-14,22-24,30H,7,12,15,17H2,(H,29,32)(H2,28,34,35)/t22-,24+/m0/s1. The summed E-state index contributed by atoms with van der Waals surface area (Å²) in [6.07, 6.45) is 0.995. The molecule has 192 valence electrons. The van der Waals surface area contributed by atoms with Crippen molar-refractivity contribution < 1.29 is 22.4 Å². The van der Waals surface area contributed by atoms with Gasteiger partial charge in [0.15, 0.2) is 0 Å². The summed E-state index contributed by atoms with van der Waals surface area (Å²) < 4.78 is 32.1. The summed E-state index contributed by atoms with van der Waals surface area (Å²) in [7, 11) is -4.28. The van der Waals surface area contributed by atoms with Crippen molar-refractivity contribution in [3.05, 3.63) is 95.4 Å². The first-order valence-electron chi connectivity index (χ1n) is 11.7. The number of carbonyl (C=O) groups excluding carboxylic acids is 2. The maximum absolute atomic E-state index is 14.0. The number of nitrogens with two attached hydrogens (primary N) is 1. The summed E-state index contributed by atoms with van der Waals surface area (Å²) >= 11 is 0. The van der Waals surface area contributed by atoms with E-state index in [-0.39, 0.29) is 18.8 Å². The molecule has 2 amide bonds. The number of carbonyl (C=O) groups is 2. The zero-order valence-electron chi connectivity index (χ0n) is 19.9.